The Balaban J connectivity index is 2.12. The maximum absolute atomic E-state index is 12.3. The van der Waals surface area contributed by atoms with Gasteiger partial charge in [-0.15, -0.1) is 11.3 Å². The molecule has 2 rings (SSSR count). The van der Waals surface area contributed by atoms with Crippen LogP contribution in [0.3, 0.4) is 0 Å². The summed E-state index contributed by atoms with van der Waals surface area (Å²) in [6.45, 7) is 4.14. The van der Waals surface area contributed by atoms with Gasteiger partial charge in [0.1, 0.15) is 6.16 Å². The predicted octanol–water partition coefficient (Wildman–Crippen LogP) is 3.56. The summed E-state index contributed by atoms with van der Waals surface area (Å²) in [7, 11) is -3.20. The minimum Gasteiger partial charge on any atom is -0.338 e. The van der Waals surface area contributed by atoms with E-state index in [4.69, 9.17) is 13.6 Å². The van der Waals surface area contributed by atoms with Crippen molar-refractivity contribution in [2.24, 2.45) is 0 Å². The van der Waals surface area contributed by atoms with Crippen molar-refractivity contribution in [1.82, 2.24) is 10.1 Å². The van der Waals surface area contributed by atoms with E-state index < -0.39 is 7.60 Å². The van der Waals surface area contributed by atoms with Crippen molar-refractivity contribution < 1.29 is 18.1 Å². The van der Waals surface area contributed by atoms with E-state index >= 15 is 0 Å². The van der Waals surface area contributed by atoms with Gasteiger partial charge in [0.25, 0.3) is 0 Å². The van der Waals surface area contributed by atoms with E-state index in [0.717, 1.165) is 4.88 Å². The highest BCUT2D eigenvalue weighted by molar-refractivity contribution is 7.52. The molecule has 0 amide bonds. The molecule has 0 spiro atoms. The molecule has 0 N–H and O–H groups in total. The Kier molecular flexibility index (Phi) is 4.87. The first-order valence-corrected chi connectivity index (χ1v) is 8.52. The summed E-state index contributed by atoms with van der Waals surface area (Å²) in [6.07, 6.45) is -0.00689. The Morgan fingerprint density at radius 3 is 2.68 bits per heavy atom. The fourth-order valence-corrected chi connectivity index (χ4v) is 3.67. The third kappa shape index (κ3) is 3.73. The molecule has 2 heterocycles. The molecule has 19 heavy (non-hydrogen) atoms. The number of aromatic nitrogens is 2. The highest BCUT2D eigenvalue weighted by Crippen LogP contribution is 2.51. The second-order valence-corrected chi connectivity index (χ2v) is 6.60. The van der Waals surface area contributed by atoms with Crippen molar-refractivity contribution in [3.63, 3.8) is 0 Å². The van der Waals surface area contributed by atoms with E-state index in [0.29, 0.717) is 19.0 Å². The summed E-state index contributed by atoms with van der Waals surface area (Å²) in [5, 5.41) is 5.78. The first-order chi connectivity index (χ1) is 9.17. The molecule has 0 saturated heterocycles. The molecule has 0 aromatic carbocycles. The van der Waals surface area contributed by atoms with Crippen molar-refractivity contribution in [1.29, 1.82) is 0 Å². The Labute approximate surface area is 115 Å². The molecule has 6 nitrogen and oxygen atoms in total. The molecule has 8 heteroatoms. The van der Waals surface area contributed by atoms with Gasteiger partial charge < -0.3 is 13.6 Å². The van der Waals surface area contributed by atoms with Gasteiger partial charge in [0.05, 0.1) is 18.1 Å². The molecule has 0 atom stereocenters. The van der Waals surface area contributed by atoms with Crippen LogP contribution < -0.4 is 0 Å². The normalized spacial score (nSPS) is 11.9. The lowest BCUT2D eigenvalue weighted by Crippen LogP contribution is -1.99. The van der Waals surface area contributed by atoms with E-state index in [1.54, 1.807) is 13.8 Å². The van der Waals surface area contributed by atoms with Crippen LogP contribution in [0.2, 0.25) is 0 Å². The van der Waals surface area contributed by atoms with Gasteiger partial charge in [0.2, 0.25) is 11.7 Å². The van der Waals surface area contributed by atoms with Gasteiger partial charge in [-0.3, -0.25) is 4.57 Å². The summed E-state index contributed by atoms with van der Waals surface area (Å²) in [5.74, 6) is 0.748. The minimum atomic E-state index is -3.20. The van der Waals surface area contributed by atoms with Crippen LogP contribution in [0.5, 0.6) is 0 Å². The van der Waals surface area contributed by atoms with Crippen LogP contribution in [0.15, 0.2) is 22.0 Å². The average molecular weight is 302 g/mol. The smallest absolute Gasteiger partial charge is 0.338 e. The molecule has 2 aromatic rings. The van der Waals surface area contributed by atoms with Crippen LogP contribution in [0.1, 0.15) is 19.7 Å². The molecule has 0 radical (unpaired) electrons. The zero-order valence-electron chi connectivity index (χ0n) is 10.7. The standard InChI is InChI=1S/C11H15N2O4PS/c1-3-15-18(14,16-4-2)8-10-12-11(13-17-10)9-6-5-7-19-9/h5-7H,3-4,8H2,1-2H3. The van der Waals surface area contributed by atoms with Crippen LogP contribution in [0.4, 0.5) is 0 Å². The molecular weight excluding hydrogens is 287 g/mol. The molecule has 0 bridgehead atoms. The number of hydrogen-bond donors (Lipinski definition) is 0. The predicted molar refractivity (Wildman–Crippen MR) is 72.2 cm³/mol. The zero-order valence-corrected chi connectivity index (χ0v) is 12.4. The highest BCUT2D eigenvalue weighted by atomic mass is 32.1. The number of rotatable bonds is 7. The Hall–Kier alpha value is -1.01. The lowest BCUT2D eigenvalue weighted by atomic mass is 10.4. The molecule has 0 unspecified atom stereocenters. The molecule has 104 valence electrons. The highest BCUT2D eigenvalue weighted by Gasteiger charge is 2.27. The fourth-order valence-electron chi connectivity index (χ4n) is 1.51. The largest absolute Gasteiger partial charge is 0.340 e. The third-order valence-electron chi connectivity index (χ3n) is 2.19. The van der Waals surface area contributed by atoms with Gasteiger partial charge in [0, 0.05) is 0 Å². The molecule has 2 aromatic heterocycles. The maximum Gasteiger partial charge on any atom is 0.340 e. The van der Waals surface area contributed by atoms with Crippen LogP contribution in [-0.2, 0) is 19.8 Å². The molecule has 0 aliphatic heterocycles. The molecule has 0 aliphatic rings. The van der Waals surface area contributed by atoms with Crippen LogP contribution in [0, 0.1) is 0 Å². The SMILES string of the molecule is CCOP(=O)(Cc1nc(-c2cccs2)no1)OCC. The second kappa shape index (κ2) is 6.43. The summed E-state index contributed by atoms with van der Waals surface area (Å²) >= 11 is 1.51. The van der Waals surface area contributed by atoms with E-state index in [9.17, 15) is 4.57 Å². The molecule has 0 aliphatic carbocycles. The van der Waals surface area contributed by atoms with Crippen LogP contribution >= 0.6 is 18.9 Å². The Morgan fingerprint density at radius 1 is 1.37 bits per heavy atom. The van der Waals surface area contributed by atoms with Gasteiger partial charge >= 0.3 is 7.60 Å². The van der Waals surface area contributed by atoms with E-state index in [-0.39, 0.29) is 12.1 Å². The molecular formula is C11H15N2O4PS. The van der Waals surface area contributed by atoms with Crippen molar-refractivity contribution in [3.05, 3.63) is 23.4 Å². The minimum absolute atomic E-state index is 0.00689. The van der Waals surface area contributed by atoms with Crippen LogP contribution in [-0.4, -0.2) is 23.4 Å². The van der Waals surface area contributed by atoms with Gasteiger partial charge in [0.15, 0.2) is 0 Å². The molecule has 0 fully saturated rings. The van der Waals surface area contributed by atoms with Gasteiger partial charge in [-0.25, -0.2) is 0 Å². The Morgan fingerprint density at radius 2 is 2.11 bits per heavy atom. The maximum atomic E-state index is 12.3. The van der Waals surface area contributed by atoms with Crippen molar-refractivity contribution in [2.75, 3.05) is 13.2 Å². The van der Waals surface area contributed by atoms with Crippen molar-refractivity contribution in [3.8, 4) is 10.7 Å². The summed E-state index contributed by atoms with van der Waals surface area (Å²) < 4.78 is 27.8. The summed E-state index contributed by atoms with van der Waals surface area (Å²) in [5.41, 5.74) is 0. The van der Waals surface area contributed by atoms with Crippen molar-refractivity contribution >= 4 is 18.9 Å². The number of hydrogen-bond acceptors (Lipinski definition) is 7. The average Bonchev–Trinajstić information content (AvgIpc) is 2.98. The van der Waals surface area contributed by atoms with Gasteiger partial charge in [-0.2, -0.15) is 4.98 Å². The Bertz CT molecular complexity index is 545. The quantitative estimate of drug-likeness (QED) is 0.728. The lowest BCUT2D eigenvalue weighted by Gasteiger charge is -2.14. The summed E-state index contributed by atoms with van der Waals surface area (Å²) in [4.78, 5) is 5.10. The lowest BCUT2D eigenvalue weighted by molar-refractivity contribution is 0.215. The van der Waals surface area contributed by atoms with E-state index in [1.165, 1.54) is 11.3 Å². The van der Waals surface area contributed by atoms with E-state index in [1.807, 2.05) is 17.5 Å². The van der Waals surface area contributed by atoms with E-state index in [2.05, 4.69) is 10.1 Å². The van der Waals surface area contributed by atoms with Crippen LogP contribution in [0.25, 0.3) is 10.7 Å². The fraction of sp³-hybridized carbons (Fsp3) is 0.455. The third-order valence-corrected chi connectivity index (χ3v) is 5.02. The monoisotopic (exact) mass is 302 g/mol. The number of thiophene rings is 1. The topological polar surface area (TPSA) is 74.5 Å². The molecule has 0 saturated carbocycles. The zero-order chi connectivity index (χ0) is 13.7. The number of nitrogens with zero attached hydrogens (tertiary/aromatic N) is 2. The first kappa shape index (κ1) is 14.4. The van der Waals surface area contributed by atoms with Gasteiger partial charge in [-0.1, -0.05) is 11.2 Å². The van der Waals surface area contributed by atoms with Crippen molar-refractivity contribution in [2.45, 2.75) is 20.0 Å². The second-order valence-electron chi connectivity index (χ2n) is 3.59. The first-order valence-electron chi connectivity index (χ1n) is 5.91. The van der Waals surface area contributed by atoms with Gasteiger partial charge in [-0.05, 0) is 25.3 Å². The summed E-state index contributed by atoms with van der Waals surface area (Å²) in [6, 6.07) is 3.80.